The minimum absolute atomic E-state index is 0.208. The summed E-state index contributed by atoms with van der Waals surface area (Å²) < 4.78 is 10.0. The van der Waals surface area contributed by atoms with Gasteiger partial charge >= 0.3 is 0 Å². The number of hydrogen-bond acceptors (Lipinski definition) is 4. The van der Waals surface area contributed by atoms with Crippen LogP contribution in [0.2, 0.25) is 5.15 Å². The second-order valence-electron chi connectivity index (χ2n) is 2.14. The zero-order valence-electron chi connectivity index (χ0n) is 7.09. The van der Waals surface area contributed by atoms with Gasteiger partial charge in [0.1, 0.15) is 5.69 Å². The van der Waals surface area contributed by atoms with Crippen LogP contribution in [0.4, 0.5) is 0 Å². The Morgan fingerprint density at radius 1 is 1.08 bits per heavy atom. The van der Waals surface area contributed by atoms with Gasteiger partial charge in [0.15, 0.2) is 10.9 Å². The summed E-state index contributed by atoms with van der Waals surface area (Å²) in [5, 5.41) is 7.65. The van der Waals surface area contributed by atoms with Crippen LogP contribution in [0.15, 0.2) is 0 Å². The molecule has 0 fully saturated rings. The maximum Gasteiger partial charge on any atom is 0.202 e. The Balaban J connectivity index is 3.28. The summed E-state index contributed by atoms with van der Waals surface area (Å²) in [6.07, 6.45) is 0. The van der Waals surface area contributed by atoms with Crippen LogP contribution in [0.3, 0.4) is 0 Å². The van der Waals surface area contributed by atoms with E-state index in [9.17, 15) is 0 Å². The first-order valence-corrected chi connectivity index (χ1v) is 3.69. The van der Waals surface area contributed by atoms with Gasteiger partial charge in [-0.25, -0.2) is 0 Å². The lowest BCUT2D eigenvalue weighted by Crippen LogP contribution is -1.98. The second kappa shape index (κ2) is 3.58. The lowest BCUT2D eigenvalue weighted by atomic mass is 10.3. The molecule has 0 aliphatic carbocycles. The predicted octanol–water partition coefficient (Wildman–Crippen LogP) is 1.46. The van der Waals surface area contributed by atoms with E-state index in [2.05, 4.69) is 10.2 Å². The SMILES string of the molecule is COc1c(C)nnc(Cl)c1OC. The normalized spacial score (nSPS) is 9.67. The third-order valence-electron chi connectivity index (χ3n) is 1.42. The molecule has 5 heteroatoms. The molecule has 0 aliphatic heterocycles. The Bertz CT molecular complexity index is 262. The Morgan fingerprint density at radius 3 is 2.08 bits per heavy atom. The monoisotopic (exact) mass is 188 g/mol. The van der Waals surface area contributed by atoms with E-state index in [1.807, 2.05) is 0 Å². The molecule has 1 aromatic heterocycles. The van der Waals surface area contributed by atoms with Crippen molar-refractivity contribution in [1.82, 2.24) is 10.2 Å². The minimum atomic E-state index is 0.208. The average Bonchev–Trinajstić information content (AvgIpc) is 2.08. The second-order valence-corrected chi connectivity index (χ2v) is 2.50. The quantitative estimate of drug-likeness (QED) is 0.705. The van der Waals surface area contributed by atoms with Crippen LogP contribution in [0, 0.1) is 6.92 Å². The number of ether oxygens (including phenoxy) is 2. The fraction of sp³-hybridized carbons (Fsp3) is 0.429. The Morgan fingerprint density at radius 2 is 1.67 bits per heavy atom. The van der Waals surface area contributed by atoms with Gasteiger partial charge in [0.05, 0.1) is 14.2 Å². The topological polar surface area (TPSA) is 44.2 Å². The van der Waals surface area contributed by atoms with Gasteiger partial charge in [0.2, 0.25) is 5.75 Å². The van der Waals surface area contributed by atoms with Crippen LogP contribution in [-0.4, -0.2) is 24.4 Å². The number of aryl methyl sites for hydroxylation is 1. The summed E-state index contributed by atoms with van der Waals surface area (Å²) in [6, 6.07) is 0. The molecule has 0 bridgehead atoms. The maximum absolute atomic E-state index is 5.70. The maximum atomic E-state index is 5.70. The molecule has 0 saturated heterocycles. The number of methoxy groups -OCH3 is 2. The first kappa shape index (κ1) is 9.06. The first-order chi connectivity index (χ1) is 5.70. The standard InChI is InChI=1S/C7H9ClN2O2/c1-4-5(11-2)6(12-3)7(8)10-9-4/h1-3H3. The Labute approximate surface area is 75.5 Å². The Kier molecular flexibility index (Phi) is 2.70. The lowest BCUT2D eigenvalue weighted by molar-refractivity contribution is 0.348. The van der Waals surface area contributed by atoms with E-state index in [0.29, 0.717) is 17.2 Å². The van der Waals surface area contributed by atoms with Gasteiger partial charge in [0.25, 0.3) is 0 Å². The van der Waals surface area contributed by atoms with Crippen molar-refractivity contribution in [2.75, 3.05) is 14.2 Å². The highest BCUT2D eigenvalue weighted by Crippen LogP contribution is 2.33. The third-order valence-corrected chi connectivity index (χ3v) is 1.67. The van der Waals surface area contributed by atoms with Crippen molar-refractivity contribution >= 4 is 11.6 Å². The van der Waals surface area contributed by atoms with Gasteiger partial charge in [-0.1, -0.05) is 11.6 Å². The van der Waals surface area contributed by atoms with E-state index < -0.39 is 0 Å². The van der Waals surface area contributed by atoms with E-state index in [1.165, 1.54) is 14.2 Å². The molecule has 0 spiro atoms. The molecule has 0 amide bonds. The van der Waals surface area contributed by atoms with Crippen LogP contribution in [-0.2, 0) is 0 Å². The summed E-state index contributed by atoms with van der Waals surface area (Å²) in [5.74, 6) is 0.948. The van der Waals surface area contributed by atoms with E-state index in [1.54, 1.807) is 6.92 Å². The molecule has 1 heterocycles. The van der Waals surface area contributed by atoms with Gasteiger partial charge in [-0.15, -0.1) is 5.10 Å². The molecule has 0 saturated carbocycles. The third kappa shape index (κ3) is 1.43. The fourth-order valence-electron chi connectivity index (χ4n) is 0.885. The van der Waals surface area contributed by atoms with Crippen molar-refractivity contribution < 1.29 is 9.47 Å². The van der Waals surface area contributed by atoms with Gasteiger partial charge in [-0.05, 0) is 6.92 Å². The van der Waals surface area contributed by atoms with Crippen molar-refractivity contribution in [3.63, 3.8) is 0 Å². The lowest BCUT2D eigenvalue weighted by Gasteiger charge is -2.08. The largest absolute Gasteiger partial charge is 0.491 e. The van der Waals surface area contributed by atoms with Crippen LogP contribution >= 0.6 is 11.6 Å². The summed E-state index contributed by atoms with van der Waals surface area (Å²) >= 11 is 5.70. The van der Waals surface area contributed by atoms with Crippen LogP contribution in [0.1, 0.15) is 5.69 Å². The number of aromatic nitrogens is 2. The van der Waals surface area contributed by atoms with Crippen molar-refractivity contribution in [1.29, 1.82) is 0 Å². The van der Waals surface area contributed by atoms with Gasteiger partial charge in [0, 0.05) is 0 Å². The molecule has 0 unspecified atom stereocenters. The fourth-order valence-corrected chi connectivity index (χ4v) is 1.09. The van der Waals surface area contributed by atoms with Crippen LogP contribution < -0.4 is 9.47 Å². The number of rotatable bonds is 2. The van der Waals surface area contributed by atoms with Crippen molar-refractivity contribution in [3.05, 3.63) is 10.8 Å². The van der Waals surface area contributed by atoms with Crippen LogP contribution in [0.5, 0.6) is 11.5 Å². The van der Waals surface area contributed by atoms with Crippen LogP contribution in [0.25, 0.3) is 0 Å². The Hall–Kier alpha value is -1.03. The van der Waals surface area contributed by atoms with Crippen molar-refractivity contribution in [2.45, 2.75) is 6.92 Å². The highest BCUT2D eigenvalue weighted by Gasteiger charge is 2.13. The molecule has 0 atom stereocenters. The van der Waals surface area contributed by atoms with E-state index in [-0.39, 0.29) is 5.15 Å². The number of hydrogen-bond donors (Lipinski definition) is 0. The molecule has 12 heavy (non-hydrogen) atoms. The molecule has 0 aromatic carbocycles. The predicted molar refractivity (Wildman–Crippen MR) is 44.9 cm³/mol. The summed E-state index contributed by atoms with van der Waals surface area (Å²) in [4.78, 5) is 0. The molecular weight excluding hydrogens is 180 g/mol. The summed E-state index contributed by atoms with van der Waals surface area (Å²) in [7, 11) is 3.04. The molecule has 4 nitrogen and oxygen atoms in total. The average molecular weight is 189 g/mol. The van der Waals surface area contributed by atoms with E-state index >= 15 is 0 Å². The number of halogens is 1. The van der Waals surface area contributed by atoms with Gasteiger partial charge in [-0.3, -0.25) is 0 Å². The molecular formula is C7H9ClN2O2. The van der Waals surface area contributed by atoms with Crippen molar-refractivity contribution in [2.24, 2.45) is 0 Å². The molecule has 0 N–H and O–H groups in total. The zero-order valence-corrected chi connectivity index (χ0v) is 7.84. The molecule has 1 aromatic rings. The first-order valence-electron chi connectivity index (χ1n) is 3.31. The van der Waals surface area contributed by atoms with E-state index in [4.69, 9.17) is 21.1 Å². The van der Waals surface area contributed by atoms with Gasteiger partial charge in [-0.2, -0.15) is 5.10 Å². The molecule has 0 aliphatic rings. The molecule has 1 rings (SSSR count). The summed E-state index contributed by atoms with van der Waals surface area (Å²) in [5.41, 5.74) is 0.652. The smallest absolute Gasteiger partial charge is 0.202 e. The highest BCUT2D eigenvalue weighted by atomic mass is 35.5. The number of nitrogens with zero attached hydrogens (tertiary/aromatic N) is 2. The van der Waals surface area contributed by atoms with E-state index in [0.717, 1.165) is 0 Å². The summed E-state index contributed by atoms with van der Waals surface area (Å²) in [6.45, 7) is 1.77. The molecule has 66 valence electrons. The zero-order chi connectivity index (χ0) is 9.14. The van der Waals surface area contributed by atoms with Crippen molar-refractivity contribution in [3.8, 4) is 11.5 Å². The highest BCUT2D eigenvalue weighted by molar-refractivity contribution is 6.31. The molecule has 0 radical (unpaired) electrons. The van der Waals surface area contributed by atoms with Gasteiger partial charge < -0.3 is 9.47 Å². The minimum Gasteiger partial charge on any atom is -0.491 e.